The smallest absolute Gasteiger partial charge is 0.264 e. The van der Waals surface area contributed by atoms with Gasteiger partial charge in [-0.15, -0.1) is 0 Å². The van der Waals surface area contributed by atoms with Gasteiger partial charge in [0, 0.05) is 16.8 Å². The van der Waals surface area contributed by atoms with Gasteiger partial charge in [0.05, 0.1) is 0 Å². The van der Waals surface area contributed by atoms with E-state index >= 15 is 0 Å². The van der Waals surface area contributed by atoms with Crippen LogP contribution < -0.4 is 10.8 Å². The number of anilines is 1. The molecule has 5 N–H and O–H groups in total. The second-order valence-electron chi connectivity index (χ2n) is 4.16. The number of amides is 1. The number of carbonyl (C=O) groups excluding carboxylic acids is 1. The Labute approximate surface area is 121 Å². The Morgan fingerprint density at radius 2 is 1.57 bits per heavy atom. The van der Waals surface area contributed by atoms with Crippen LogP contribution in [0.2, 0.25) is 0 Å². The summed E-state index contributed by atoms with van der Waals surface area (Å²) in [6, 6.07) is 12.9. The first-order valence-corrected chi connectivity index (χ1v) is 5.83. The average molecular weight is 295 g/mol. The molecule has 2 rings (SSSR count). The molecule has 7 heteroatoms. The van der Waals surface area contributed by atoms with Crippen LogP contribution in [0.5, 0.6) is 0 Å². The molecule has 0 fully saturated rings. The molecule has 4 nitrogen and oxygen atoms in total. The van der Waals surface area contributed by atoms with E-state index in [4.69, 9.17) is 0 Å². The highest BCUT2D eigenvalue weighted by Crippen LogP contribution is 2.23. The van der Waals surface area contributed by atoms with E-state index in [-0.39, 0.29) is 22.1 Å². The molecule has 0 spiro atoms. The van der Waals surface area contributed by atoms with Crippen LogP contribution in [-0.2, 0) is 0 Å². The van der Waals surface area contributed by atoms with Gasteiger partial charge in [-0.3, -0.25) is 4.79 Å². The predicted octanol–water partition coefficient (Wildman–Crippen LogP) is 0.485. The second-order valence-corrected chi connectivity index (χ2v) is 4.16. The zero-order valence-corrected chi connectivity index (χ0v) is 11.4. The molecule has 2 aromatic carbocycles. The van der Waals surface area contributed by atoms with Gasteiger partial charge in [0.1, 0.15) is 7.85 Å². The van der Waals surface area contributed by atoms with Gasteiger partial charge >= 0.3 is 0 Å². The van der Waals surface area contributed by atoms with Gasteiger partial charge in [-0.2, -0.15) is 0 Å². The first-order valence-electron chi connectivity index (χ1n) is 5.83. The minimum Gasteiger partial charge on any atom is -0.412 e. The number of benzene rings is 2. The highest BCUT2D eigenvalue weighted by molar-refractivity contribution is 6.36. The van der Waals surface area contributed by atoms with E-state index in [2.05, 4.69) is 5.32 Å². The molecule has 0 unspecified atom stereocenters. The van der Waals surface area contributed by atoms with Crippen molar-refractivity contribution < 1.29 is 24.5 Å². The number of rotatable bonds is 3. The molecule has 0 radical (unpaired) electrons. The van der Waals surface area contributed by atoms with Crippen LogP contribution in [0.1, 0.15) is 22.3 Å². The van der Waals surface area contributed by atoms with Gasteiger partial charge in [-0.05, 0) is 12.1 Å². The summed E-state index contributed by atoms with van der Waals surface area (Å²) >= 11 is 0. The normalized spacial score (nSPS) is 9.48. The van der Waals surface area contributed by atoms with Crippen molar-refractivity contribution in [2.75, 3.05) is 5.32 Å². The largest absolute Gasteiger partial charge is 0.412 e. The zero-order chi connectivity index (χ0) is 13.8. The van der Waals surface area contributed by atoms with Crippen molar-refractivity contribution >= 4 is 24.9 Å². The lowest BCUT2D eigenvalue weighted by Crippen LogP contribution is -2.19. The average Bonchev–Trinajstić information content (AvgIpc) is 2.41. The second kappa shape index (κ2) is 8.13. The van der Waals surface area contributed by atoms with Crippen LogP contribution in [0.3, 0.4) is 0 Å². The minimum atomic E-state index is -2.67. The van der Waals surface area contributed by atoms with Crippen LogP contribution in [0.25, 0.3) is 0 Å². The van der Waals surface area contributed by atoms with Crippen LogP contribution in [0, 0.1) is 0 Å². The quantitative estimate of drug-likeness (QED) is 0.820. The molecular weight excluding hydrogens is 279 g/mol. The molecule has 112 valence electrons. The van der Waals surface area contributed by atoms with Crippen molar-refractivity contribution in [2.45, 2.75) is 6.43 Å². The topological polar surface area (TPSA) is 92.1 Å². The fourth-order valence-electron chi connectivity index (χ4n) is 1.80. The number of hydrogen-bond acceptors (Lipinski definition) is 1. The zero-order valence-electron chi connectivity index (χ0n) is 11.4. The van der Waals surface area contributed by atoms with Gasteiger partial charge in [-0.1, -0.05) is 41.9 Å². The predicted molar refractivity (Wildman–Crippen MR) is 81.2 cm³/mol. The molecule has 0 bridgehead atoms. The van der Waals surface area contributed by atoms with E-state index in [0.29, 0.717) is 5.69 Å². The highest BCUT2D eigenvalue weighted by atomic mass is 19.3. The van der Waals surface area contributed by atoms with E-state index in [0.717, 1.165) is 5.46 Å². The van der Waals surface area contributed by atoms with E-state index in [1.807, 2.05) is 20.0 Å². The molecule has 0 saturated heterocycles. The summed E-state index contributed by atoms with van der Waals surface area (Å²) < 4.78 is 25.7. The molecule has 0 heterocycles. The Kier molecular flexibility index (Phi) is 7.26. The monoisotopic (exact) mass is 295 g/mol. The van der Waals surface area contributed by atoms with Crippen LogP contribution in [0.4, 0.5) is 14.5 Å². The van der Waals surface area contributed by atoms with Gasteiger partial charge in [0.2, 0.25) is 0 Å². The highest BCUT2D eigenvalue weighted by Gasteiger charge is 2.17. The lowest BCUT2D eigenvalue weighted by molar-refractivity contribution is 0.101. The molecular formula is C14H16BF2NO3. The van der Waals surface area contributed by atoms with Crippen LogP contribution >= 0.6 is 0 Å². The van der Waals surface area contributed by atoms with Crippen LogP contribution in [0.15, 0.2) is 48.5 Å². The SMILES string of the molecule is Bc1ccccc1NC(=O)c1ccccc1C(F)F.O.O. The molecule has 0 aliphatic rings. The maximum absolute atomic E-state index is 12.8. The Balaban J connectivity index is 0.00000200. The molecule has 1 amide bonds. The van der Waals surface area contributed by atoms with E-state index in [9.17, 15) is 13.6 Å². The van der Waals surface area contributed by atoms with E-state index in [1.54, 1.807) is 18.2 Å². The van der Waals surface area contributed by atoms with Crippen molar-refractivity contribution in [3.8, 4) is 0 Å². The summed E-state index contributed by atoms with van der Waals surface area (Å²) in [5.41, 5.74) is 1.25. The number of para-hydroxylation sites is 1. The van der Waals surface area contributed by atoms with Crippen LogP contribution in [-0.4, -0.2) is 24.7 Å². The first-order chi connectivity index (χ1) is 9.09. The lowest BCUT2D eigenvalue weighted by Gasteiger charge is -2.11. The number of carbonyl (C=O) groups is 1. The van der Waals surface area contributed by atoms with Crippen molar-refractivity contribution in [1.29, 1.82) is 0 Å². The molecule has 21 heavy (non-hydrogen) atoms. The summed E-state index contributed by atoms with van der Waals surface area (Å²) in [5.74, 6) is -0.523. The van der Waals surface area contributed by atoms with E-state index in [1.165, 1.54) is 18.2 Å². The fourth-order valence-corrected chi connectivity index (χ4v) is 1.80. The van der Waals surface area contributed by atoms with Crippen molar-refractivity contribution in [1.82, 2.24) is 0 Å². The number of halogens is 2. The Morgan fingerprint density at radius 1 is 1.00 bits per heavy atom. The standard InChI is InChI=1S/C14H12BF2NO.2H2O/c15-11-7-3-4-8-12(11)18-14(19)10-6-2-1-5-9(10)13(16)17;;/h1-8,13H,15H2,(H,18,19);2*1H2. The van der Waals surface area contributed by atoms with Crippen molar-refractivity contribution in [2.24, 2.45) is 0 Å². The fraction of sp³-hybridized carbons (Fsp3) is 0.0714. The van der Waals surface area contributed by atoms with Gasteiger partial charge < -0.3 is 16.3 Å². The molecule has 2 aromatic rings. The molecule has 0 saturated carbocycles. The number of nitrogens with one attached hydrogen (secondary N) is 1. The Morgan fingerprint density at radius 3 is 2.19 bits per heavy atom. The maximum Gasteiger partial charge on any atom is 0.264 e. The van der Waals surface area contributed by atoms with Crippen molar-refractivity contribution in [3.63, 3.8) is 0 Å². The minimum absolute atomic E-state index is 0. The third-order valence-corrected chi connectivity index (χ3v) is 2.83. The molecule has 0 aliphatic heterocycles. The Bertz CT molecular complexity index is 608. The van der Waals surface area contributed by atoms with Gasteiger partial charge in [0.25, 0.3) is 12.3 Å². The summed E-state index contributed by atoms with van der Waals surface area (Å²) in [5, 5.41) is 2.65. The summed E-state index contributed by atoms with van der Waals surface area (Å²) in [7, 11) is 1.84. The first kappa shape index (κ1) is 18.8. The molecule has 0 atom stereocenters. The summed E-state index contributed by atoms with van der Waals surface area (Å²) in [6.45, 7) is 0. The Hall–Kier alpha value is -2.25. The molecule has 0 aliphatic carbocycles. The maximum atomic E-state index is 12.8. The van der Waals surface area contributed by atoms with Crippen molar-refractivity contribution in [3.05, 3.63) is 59.7 Å². The lowest BCUT2D eigenvalue weighted by atomic mass is 9.94. The summed E-state index contributed by atoms with van der Waals surface area (Å²) in [6.07, 6.45) is -2.67. The number of alkyl halides is 2. The van der Waals surface area contributed by atoms with E-state index < -0.39 is 12.3 Å². The summed E-state index contributed by atoms with van der Waals surface area (Å²) in [4.78, 5) is 12.0. The third-order valence-electron chi connectivity index (χ3n) is 2.83. The molecule has 0 aromatic heterocycles. The van der Waals surface area contributed by atoms with Gasteiger partial charge in [0.15, 0.2) is 0 Å². The number of hydrogen-bond donors (Lipinski definition) is 1. The van der Waals surface area contributed by atoms with Gasteiger partial charge in [-0.25, -0.2) is 8.78 Å². The third kappa shape index (κ3) is 4.37.